The molecule has 0 saturated carbocycles. The van der Waals surface area contributed by atoms with E-state index in [1.807, 2.05) is 18.2 Å². The Morgan fingerprint density at radius 3 is 2.71 bits per heavy atom. The third kappa shape index (κ3) is 3.38. The molecule has 2 N–H and O–H groups in total. The fraction of sp³-hybridized carbons (Fsp3) is 0.130. The molecule has 2 heterocycles. The van der Waals surface area contributed by atoms with Crippen LogP contribution in [0.15, 0.2) is 66.7 Å². The molecule has 8 heteroatoms. The topological polar surface area (TPSA) is 97.3 Å². The van der Waals surface area contributed by atoms with Gasteiger partial charge in [-0.1, -0.05) is 30.3 Å². The summed E-state index contributed by atoms with van der Waals surface area (Å²) in [5, 5.41) is 12.4. The van der Waals surface area contributed by atoms with E-state index >= 15 is 0 Å². The number of nitrogens with one attached hydrogen (secondary N) is 1. The maximum atomic E-state index is 13.6. The van der Waals surface area contributed by atoms with Gasteiger partial charge in [0.05, 0.1) is 11.3 Å². The van der Waals surface area contributed by atoms with Gasteiger partial charge in [-0.3, -0.25) is 9.69 Å². The van der Waals surface area contributed by atoms with Gasteiger partial charge in [0.2, 0.25) is 6.79 Å². The molecule has 8 nitrogen and oxygen atoms in total. The van der Waals surface area contributed by atoms with Gasteiger partial charge in [-0.15, -0.1) is 0 Å². The molecule has 0 fully saturated rings. The Hall–Kier alpha value is -4.20. The number of ether oxygens (including phenoxy) is 3. The third-order valence-corrected chi connectivity index (χ3v) is 5.13. The van der Waals surface area contributed by atoms with E-state index in [2.05, 4.69) is 5.32 Å². The standard InChI is InChI=1S/C23H18N2O6/c26-21(27)12-29-18-8-4-2-6-16(18)22-24-17-7-3-1-5-15(17)23(28)25(22)14-9-10-19-20(11-14)31-13-30-19/h1-11,22,24H,12-13H2,(H,26,27)/t22-/m0/s1. The molecule has 2 aliphatic heterocycles. The average molecular weight is 418 g/mol. The lowest BCUT2D eigenvalue weighted by Gasteiger charge is -2.38. The summed E-state index contributed by atoms with van der Waals surface area (Å²) in [6, 6.07) is 19.6. The number of rotatable bonds is 5. The molecular formula is C23H18N2O6. The van der Waals surface area contributed by atoms with Crippen molar-refractivity contribution in [3.63, 3.8) is 0 Å². The van der Waals surface area contributed by atoms with Gasteiger partial charge in [-0.2, -0.15) is 0 Å². The number of fused-ring (bicyclic) bond motifs is 2. The summed E-state index contributed by atoms with van der Waals surface area (Å²) < 4.78 is 16.4. The largest absolute Gasteiger partial charge is 0.481 e. The summed E-state index contributed by atoms with van der Waals surface area (Å²) in [7, 11) is 0. The van der Waals surface area contributed by atoms with Crippen molar-refractivity contribution in [2.75, 3.05) is 23.6 Å². The fourth-order valence-electron chi connectivity index (χ4n) is 3.75. The molecule has 2 aliphatic rings. The summed E-state index contributed by atoms with van der Waals surface area (Å²) in [5.74, 6) is 0.258. The summed E-state index contributed by atoms with van der Waals surface area (Å²) in [6.45, 7) is -0.360. The van der Waals surface area contributed by atoms with E-state index in [0.717, 1.165) is 0 Å². The normalized spacial score (nSPS) is 16.5. The zero-order valence-electron chi connectivity index (χ0n) is 16.3. The first-order valence-electron chi connectivity index (χ1n) is 9.64. The molecule has 0 aliphatic carbocycles. The van der Waals surface area contributed by atoms with E-state index in [0.29, 0.717) is 39.8 Å². The number of carboxylic acids is 1. The molecule has 0 radical (unpaired) electrons. The molecular weight excluding hydrogens is 400 g/mol. The summed E-state index contributed by atoms with van der Waals surface area (Å²) >= 11 is 0. The van der Waals surface area contributed by atoms with Gasteiger partial charge in [0.15, 0.2) is 18.1 Å². The summed E-state index contributed by atoms with van der Waals surface area (Å²) in [6.07, 6.45) is -0.632. The van der Waals surface area contributed by atoms with Crippen molar-refractivity contribution >= 4 is 23.3 Å². The Morgan fingerprint density at radius 2 is 1.84 bits per heavy atom. The van der Waals surface area contributed by atoms with Crippen LogP contribution in [-0.4, -0.2) is 30.4 Å². The number of carbonyl (C=O) groups is 2. The van der Waals surface area contributed by atoms with Crippen LogP contribution in [0.5, 0.6) is 17.2 Å². The molecule has 3 aromatic carbocycles. The second-order valence-electron chi connectivity index (χ2n) is 7.03. The third-order valence-electron chi connectivity index (χ3n) is 5.13. The van der Waals surface area contributed by atoms with Crippen molar-refractivity contribution in [2.24, 2.45) is 0 Å². The highest BCUT2D eigenvalue weighted by molar-refractivity contribution is 6.12. The molecule has 0 bridgehead atoms. The number of hydrogen-bond acceptors (Lipinski definition) is 6. The molecule has 0 unspecified atom stereocenters. The van der Waals surface area contributed by atoms with E-state index in [1.165, 1.54) is 0 Å². The Kier molecular flexibility index (Phi) is 4.59. The van der Waals surface area contributed by atoms with Crippen LogP contribution in [-0.2, 0) is 4.79 Å². The summed E-state index contributed by atoms with van der Waals surface area (Å²) in [5.41, 5.74) is 2.45. The lowest BCUT2D eigenvalue weighted by molar-refractivity contribution is -0.139. The number of hydrogen-bond donors (Lipinski definition) is 2. The van der Waals surface area contributed by atoms with Crippen LogP contribution < -0.4 is 24.4 Å². The van der Waals surface area contributed by atoms with Crippen molar-refractivity contribution < 1.29 is 28.9 Å². The van der Waals surface area contributed by atoms with Gasteiger partial charge in [0.25, 0.3) is 5.91 Å². The summed E-state index contributed by atoms with van der Waals surface area (Å²) in [4.78, 5) is 26.2. The van der Waals surface area contributed by atoms with Gasteiger partial charge >= 0.3 is 5.97 Å². The minimum atomic E-state index is -1.08. The predicted octanol–water partition coefficient (Wildman–Crippen LogP) is 3.65. The number of carbonyl (C=O) groups excluding carboxylic acids is 1. The van der Waals surface area contributed by atoms with Crippen molar-refractivity contribution in [2.45, 2.75) is 6.17 Å². The number of carboxylic acid groups (broad SMARTS) is 1. The Bertz CT molecular complexity index is 1180. The van der Waals surface area contributed by atoms with Crippen LogP contribution in [0.1, 0.15) is 22.1 Å². The highest BCUT2D eigenvalue weighted by Gasteiger charge is 2.36. The predicted molar refractivity (Wildman–Crippen MR) is 112 cm³/mol. The molecule has 3 aromatic rings. The van der Waals surface area contributed by atoms with Crippen LogP contribution in [0.3, 0.4) is 0 Å². The first-order valence-corrected chi connectivity index (χ1v) is 9.64. The molecule has 0 saturated heterocycles. The van der Waals surface area contributed by atoms with Gasteiger partial charge in [-0.05, 0) is 30.3 Å². The minimum absolute atomic E-state index is 0.128. The zero-order chi connectivity index (χ0) is 21.4. The highest BCUT2D eigenvalue weighted by atomic mass is 16.7. The number of anilines is 2. The van der Waals surface area contributed by atoms with E-state index in [9.17, 15) is 9.59 Å². The van der Waals surface area contributed by atoms with Crippen molar-refractivity contribution in [1.82, 2.24) is 0 Å². The van der Waals surface area contributed by atoms with E-state index < -0.39 is 18.7 Å². The second-order valence-corrected chi connectivity index (χ2v) is 7.03. The minimum Gasteiger partial charge on any atom is -0.481 e. The first-order chi connectivity index (χ1) is 15.1. The Morgan fingerprint density at radius 1 is 1.06 bits per heavy atom. The second kappa shape index (κ2) is 7.56. The monoisotopic (exact) mass is 418 g/mol. The quantitative estimate of drug-likeness (QED) is 0.653. The highest BCUT2D eigenvalue weighted by Crippen LogP contribution is 2.42. The van der Waals surface area contributed by atoms with E-state index in [1.54, 1.807) is 53.4 Å². The van der Waals surface area contributed by atoms with Crippen LogP contribution >= 0.6 is 0 Å². The first kappa shape index (κ1) is 18.8. The Labute approximate surface area is 177 Å². The van der Waals surface area contributed by atoms with Crippen molar-refractivity contribution in [3.8, 4) is 17.2 Å². The number of para-hydroxylation sites is 2. The molecule has 156 valence electrons. The lowest BCUT2D eigenvalue weighted by Crippen LogP contribution is -2.43. The van der Waals surface area contributed by atoms with Gasteiger partial charge in [-0.25, -0.2) is 4.79 Å². The average Bonchev–Trinajstić information content (AvgIpc) is 3.26. The molecule has 31 heavy (non-hydrogen) atoms. The fourth-order valence-corrected chi connectivity index (χ4v) is 3.75. The SMILES string of the molecule is O=C(O)COc1ccccc1[C@H]1Nc2ccccc2C(=O)N1c1ccc2c(c1)OCO2. The lowest BCUT2D eigenvalue weighted by atomic mass is 10.0. The zero-order valence-corrected chi connectivity index (χ0v) is 16.3. The van der Waals surface area contributed by atoms with Gasteiger partial charge in [0, 0.05) is 17.3 Å². The smallest absolute Gasteiger partial charge is 0.341 e. The molecule has 5 rings (SSSR count). The molecule has 1 amide bonds. The number of aliphatic carboxylic acids is 1. The number of nitrogens with zero attached hydrogens (tertiary/aromatic N) is 1. The van der Waals surface area contributed by atoms with Gasteiger partial charge in [0.1, 0.15) is 11.9 Å². The maximum absolute atomic E-state index is 13.6. The van der Waals surface area contributed by atoms with Crippen molar-refractivity contribution in [3.05, 3.63) is 77.9 Å². The van der Waals surface area contributed by atoms with Gasteiger partial charge < -0.3 is 24.6 Å². The van der Waals surface area contributed by atoms with E-state index in [4.69, 9.17) is 19.3 Å². The van der Waals surface area contributed by atoms with Crippen LogP contribution in [0.4, 0.5) is 11.4 Å². The van der Waals surface area contributed by atoms with Crippen molar-refractivity contribution in [1.29, 1.82) is 0 Å². The van der Waals surface area contributed by atoms with Crippen LogP contribution in [0, 0.1) is 0 Å². The van der Waals surface area contributed by atoms with Crippen LogP contribution in [0.25, 0.3) is 0 Å². The molecule has 0 spiro atoms. The number of benzene rings is 3. The maximum Gasteiger partial charge on any atom is 0.341 e. The molecule has 0 aromatic heterocycles. The van der Waals surface area contributed by atoms with E-state index in [-0.39, 0.29) is 12.7 Å². The molecule has 1 atom stereocenters. The number of amides is 1. The Balaban J connectivity index is 1.62. The van der Waals surface area contributed by atoms with Crippen LogP contribution in [0.2, 0.25) is 0 Å².